The van der Waals surface area contributed by atoms with E-state index in [9.17, 15) is 14.9 Å². The SMILES string of the molecule is CC(C)(C)OC(=O)c1cc([N+](=O)[O-])ccc1CBr. The van der Waals surface area contributed by atoms with Crippen molar-refractivity contribution in [3.8, 4) is 0 Å². The van der Waals surface area contributed by atoms with Crippen LogP contribution in [0.1, 0.15) is 36.7 Å². The van der Waals surface area contributed by atoms with Gasteiger partial charge < -0.3 is 4.74 Å². The number of benzene rings is 1. The van der Waals surface area contributed by atoms with Crippen molar-refractivity contribution >= 4 is 27.6 Å². The van der Waals surface area contributed by atoms with Gasteiger partial charge in [0.05, 0.1) is 10.5 Å². The molecule has 0 aliphatic rings. The van der Waals surface area contributed by atoms with Crippen LogP contribution in [0.15, 0.2) is 18.2 Å². The highest BCUT2D eigenvalue weighted by molar-refractivity contribution is 9.08. The molecule has 0 fully saturated rings. The van der Waals surface area contributed by atoms with E-state index < -0.39 is 16.5 Å². The van der Waals surface area contributed by atoms with Gasteiger partial charge in [-0.3, -0.25) is 10.1 Å². The summed E-state index contributed by atoms with van der Waals surface area (Å²) in [7, 11) is 0. The summed E-state index contributed by atoms with van der Waals surface area (Å²) in [4.78, 5) is 22.1. The molecule has 0 aliphatic heterocycles. The van der Waals surface area contributed by atoms with Crippen LogP contribution < -0.4 is 0 Å². The van der Waals surface area contributed by atoms with E-state index in [1.54, 1.807) is 26.8 Å². The van der Waals surface area contributed by atoms with Gasteiger partial charge in [0.15, 0.2) is 0 Å². The van der Waals surface area contributed by atoms with Crippen molar-refractivity contribution in [1.29, 1.82) is 0 Å². The monoisotopic (exact) mass is 315 g/mol. The lowest BCUT2D eigenvalue weighted by molar-refractivity contribution is -0.384. The number of carbonyl (C=O) groups excluding carboxylic acids is 1. The number of nitro groups is 1. The van der Waals surface area contributed by atoms with Crippen molar-refractivity contribution < 1.29 is 14.5 Å². The van der Waals surface area contributed by atoms with Crippen LogP contribution in [0, 0.1) is 10.1 Å². The number of nitrogens with zero attached hydrogens (tertiary/aromatic N) is 1. The Kier molecular flexibility index (Phi) is 4.45. The highest BCUT2D eigenvalue weighted by Crippen LogP contribution is 2.22. The first-order valence-electron chi connectivity index (χ1n) is 5.31. The normalized spacial score (nSPS) is 11.1. The minimum Gasteiger partial charge on any atom is -0.456 e. The second kappa shape index (κ2) is 5.48. The average molecular weight is 316 g/mol. The number of hydrogen-bond donors (Lipinski definition) is 0. The van der Waals surface area contributed by atoms with Gasteiger partial charge in [0.25, 0.3) is 5.69 Å². The van der Waals surface area contributed by atoms with Gasteiger partial charge in [0.1, 0.15) is 5.60 Å². The number of nitro benzene ring substituents is 1. The zero-order valence-corrected chi connectivity index (χ0v) is 12.0. The maximum atomic E-state index is 11.9. The van der Waals surface area contributed by atoms with Crippen LogP contribution >= 0.6 is 15.9 Å². The topological polar surface area (TPSA) is 69.4 Å². The first-order valence-corrected chi connectivity index (χ1v) is 6.43. The number of alkyl halides is 1. The number of halogens is 1. The van der Waals surface area contributed by atoms with E-state index in [0.29, 0.717) is 10.9 Å². The molecule has 0 unspecified atom stereocenters. The van der Waals surface area contributed by atoms with E-state index in [1.807, 2.05) is 0 Å². The summed E-state index contributed by atoms with van der Waals surface area (Å²) in [6, 6.07) is 4.15. The Morgan fingerprint density at radius 2 is 2.06 bits per heavy atom. The summed E-state index contributed by atoms with van der Waals surface area (Å²) in [5.41, 5.74) is 0.122. The molecule has 18 heavy (non-hydrogen) atoms. The molecule has 0 spiro atoms. The minimum absolute atomic E-state index is 0.124. The van der Waals surface area contributed by atoms with Crippen LogP contribution in [-0.2, 0) is 10.1 Å². The number of carbonyl (C=O) groups is 1. The molecule has 0 aliphatic carbocycles. The zero-order valence-electron chi connectivity index (χ0n) is 10.4. The van der Waals surface area contributed by atoms with Gasteiger partial charge in [-0.05, 0) is 26.3 Å². The molecule has 0 heterocycles. The number of rotatable bonds is 3. The van der Waals surface area contributed by atoms with Crippen LogP contribution in [-0.4, -0.2) is 16.5 Å². The molecule has 1 aromatic carbocycles. The molecule has 1 aromatic rings. The molecule has 0 saturated carbocycles. The molecule has 0 atom stereocenters. The van der Waals surface area contributed by atoms with Gasteiger partial charge in [0.2, 0.25) is 0 Å². The van der Waals surface area contributed by atoms with Gasteiger partial charge in [-0.2, -0.15) is 0 Å². The number of esters is 1. The summed E-state index contributed by atoms with van der Waals surface area (Å²) in [5.74, 6) is -0.555. The van der Waals surface area contributed by atoms with Crippen LogP contribution in [0.2, 0.25) is 0 Å². The number of ether oxygens (including phenoxy) is 1. The van der Waals surface area contributed by atoms with E-state index >= 15 is 0 Å². The van der Waals surface area contributed by atoms with Crippen molar-refractivity contribution in [3.63, 3.8) is 0 Å². The molecule has 0 aromatic heterocycles. The van der Waals surface area contributed by atoms with Gasteiger partial charge in [-0.25, -0.2) is 4.79 Å². The fourth-order valence-electron chi connectivity index (χ4n) is 1.32. The molecular weight excluding hydrogens is 302 g/mol. The lowest BCUT2D eigenvalue weighted by atomic mass is 10.1. The maximum Gasteiger partial charge on any atom is 0.339 e. The van der Waals surface area contributed by atoms with Crippen LogP contribution in [0.25, 0.3) is 0 Å². The van der Waals surface area contributed by atoms with E-state index in [-0.39, 0.29) is 11.3 Å². The standard InChI is InChI=1S/C12H14BrNO4/c1-12(2,3)18-11(15)10-6-9(14(16)17)5-4-8(10)7-13/h4-6H,7H2,1-3H3. The first-order chi connectivity index (χ1) is 8.24. The zero-order chi connectivity index (χ0) is 13.9. The first kappa shape index (κ1) is 14.6. The third-order valence-electron chi connectivity index (χ3n) is 2.07. The van der Waals surface area contributed by atoms with Crippen molar-refractivity contribution in [2.24, 2.45) is 0 Å². The quantitative estimate of drug-likeness (QED) is 0.371. The van der Waals surface area contributed by atoms with Crippen molar-refractivity contribution in [2.75, 3.05) is 0 Å². The summed E-state index contributed by atoms with van der Waals surface area (Å²) in [5, 5.41) is 11.1. The molecule has 0 saturated heterocycles. The molecule has 0 radical (unpaired) electrons. The molecule has 6 heteroatoms. The van der Waals surface area contributed by atoms with Crippen LogP contribution in [0.3, 0.4) is 0 Å². The largest absolute Gasteiger partial charge is 0.456 e. The van der Waals surface area contributed by atoms with Crippen LogP contribution in [0.4, 0.5) is 5.69 Å². The van der Waals surface area contributed by atoms with Gasteiger partial charge in [0, 0.05) is 17.5 Å². The lowest BCUT2D eigenvalue weighted by Crippen LogP contribution is -2.24. The van der Waals surface area contributed by atoms with E-state index in [4.69, 9.17) is 4.74 Å². The Hall–Kier alpha value is -1.43. The van der Waals surface area contributed by atoms with E-state index in [1.165, 1.54) is 12.1 Å². The molecular formula is C12H14BrNO4. The highest BCUT2D eigenvalue weighted by Gasteiger charge is 2.22. The van der Waals surface area contributed by atoms with Crippen molar-refractivity contribution in [3.05, 3.63) is 39.4 Å². The molecule has 1 rings (SSSR count). The minimum atomic E-state index is -0.634. The molecule has 0 amide bonds. The number of hydrogen-bond acceptors (Lipinski definition) is 4. The predicted molar refractivity (Wildman–Crippen MR) is 70.9 cm³/mol. The fourth-order valence-corrected chi connectivity index (χ4v) is 1.81. The lowest BCUT2D eigenvalue weighted by Gasteiger charge is -2.20. The predicted octanol–water partition coefficient (Wildman–Crippen LogP) is 3.45. The average Bonchev–Trinajstić information content (AvgIpc) is 2.25. The van der Waals surface area contributed by atoms with E-state index in [2.05, 4.69) is 15.9 Å². The third kappa shape index (κ3) is 3.80. The Morgan fingerprint density at radius 3 is 2.50 bits per heavy atom. The second-order valence-electron chi connectivity index (χ2n) is 4.73. The smallest absolute Gasteiger partial charge is 0.339 e. The number of non-ortho nitro benzene ring substituents is 1. The second-order valence-corrected chi connectivity index (χ2v) is 5.29. The fraction of sp³-hybridized carbons (Fsp3) is 0.417. The van der Waals surface area contributed by atoms with Crippen molar-refractivity contribution in [1.82, 2.24) is 0 Å². The van der Waals surface area contributed by atoms with Gasteiger partial charge in [-0.1, -0.05) is 22.0 Å². The third-order valence-corrected chi connectivity index (χ3v) is 2.67. The maximum absolute atomic E-state index is 11.9. The summed E-state index contributed by atoms with van der Waals surface area (Å²) < 4.78 is 5.22. The van der Waals surface area contributed by atoms with Crippen molar-refractivity contribution in [2.45, 2.75) is 31.7 Å². The Balaban J connectivity index is 3.16. The molecule has 98 valence electrons. The molecule has 0 bridgehead atoms. The Labute approximate surface area is 113 Å². The summed E-state index contributed by atoms with van der Waals surface area (Å²) in [6.45, 7) is 5.24. The molecule has 5 nitrogen and oxygen atoms in total. The van der Waals surface area contributed by atoms with Gasteiger partial charge in [-0.15, -0.1) is 0 Å². The molecule has 0 N–H and O–H groups in total. The van der Waals surface area contributed by atoms with Crippen LogP contribution in [0.5, 0.6) is 0 Å². The van der Waals surface area contributed by atoms with Gasteiger partial charge >= 0.3 is 5.97 Å². The summed E-state index contributed by atoms with van der Waals surface area (Å²) in [6.07, 6.45) is 0. The Bertz CT molecular complexity index is 479. The Morgan fingerprint density at radius 1 is 1.44 bits per heavy atom. The highest BCUT2D eigenvalue weighted by atomic mass is 79.9. The summed E-state index contributed by atoms with van der Waals surface area (Å²) >= 11 is 3.24. The van der Waals surface area contributed by atoms with E-state index in [0.717, 1.165) is 0 Å².